The zero-order valence-electron chi connectivity index (χ0n) is 15.9. The molecular formula is C22H20FN3O3. The Kier molecular flexibility index (Phi) is 5.39. The van der Waals surface area contributed by atoms with Crippen molar-refractivity contribution in [3.8, 4) is 17.4 Å². The second-order valence-electron chi connectivity index (χ2n) is 6.66. The van der Waals surface area contributed by atoms with Crippen molar-refractivity contribution in [1.29, 1.82) is 0 Å². The summed E-state index contributed by atoms with van der Waals surface area (Å²) in [5.74, 6) is 0.881. The van der Waals surface area contributed by atoms with E-state index in [2.05, 4.69) is 15.3 Å². The highest BCUT2D eigenvalue weighted by Crippen LogP contribution is 2.34. The molecule has 0 fully saturated rings. The predicted octanol–water partition coefficient (Wildman–Crippen LogP) is 4.48. The minimum Gasteiger partial charge on any atom is -0.491 e. The van der Waals surface area contributed by atoms with Crippen LogP contribution in [0, 0.1) is 5.82 Å². The first kappa shape index (κ1) is 18.9. The van der Waals surface area contributed by atoms with Gasteiger partial charge >= 0.3 is 0 Å². The maximum Gasteiger partial charge on any atom is 0.230 e. The Labute approximate surface area is 167 Å². The van der Waals surface area contributed by atoms with Gasteiger partial charge in [-0.15, -0.1) is 0 Å². The molecule has 3 aromatic rings. The fraction of sp³-hybridized carbons (Fsp3) is 0.182. The minimum absolute atomic E-state index is 0.0607. The molecule has 1 aliphatic carbocycles. The molecule has 0 bridgehead atoms. The van der Waals surface area contributed by atoms with Gasteiger partial charge < -0.3 is 19.9 Å². The molecular weight excluding hydrogens is 373 g/mol. The average molecular weight is 393 g/mol. The smallest absolute Gasteiger partial charge is 0.230 e. The number of anilines is 2. The van der Waals surface area contributed by atoms with E-state index in [1.807, 2.05) is 31.2 Å². The van der Waals surface area contributed by atoms with Crippen molar-refractivity contribution in [3.05, 3.63) is 71.2 Å². The third-order valence-corrected chi connectivity index (χ3v) is 4.39. The van der Waals surface area contributed by atoms with Gasteiger partial charge in [0.25, 0.3) is 0 Å². The number of aromatic nitrogens is 2. The van der Waals surface area contributed by atoms with Crippen LogP contribution in [0.4, 0.5) is 16.0 Å². The lowest BCUT2D eigenvalue weighted by Gasteiger charge is -2.11. The maximum atomic E-state index is 14.8. The molecule has 6 nitrogen and oxygen atoms in total. The number of benzene rings is 2. The quantitative estimate of drug-likeness (QED) is 0.616. The Morgan fingerprint density at radius 2 is 2.10 bits per heavy atom. The lowest BCUT2D eigenvalue weighted by Crippen LogP contribution is -2.02. The van der Waals surface area contributed by atoms with E-state index in [9.17, 15) is 4.39 Å². The number of fused-ring (bicyclic) bond motifs is 1. The Morgan fingerprint density at radius 3 is 2.97 bits per heavy atom. The van der Waals surface area contributed by atoms with Crippen LogP contribution in [-0.4, -0.2) is 28.3 Å². The molecule has 2 aromatic carbocycles. The van der Waals surface area contributed by atoms with E-state index in [0.717, 1.165) is 17.6 Å². The first-order valence-corrected chi connectivity index (χ1v) is 9.22. The molecule has 1 aromatic heterocycles. The zero-order chi connectivity index (χ0) is 20.2. The molecule has 7 heteroatoms. The van der Waals surface area contributed by atoms with E-state index < -0.39 is 0 Å². The minimum atomic E-state index is -0.388. The molecule has 4 rings (SSSR count). The van der Waals surface area contributed by atoms with Crippen LogP contribution in [0.3, 0.4) is 0 Å². The third-order valence-electron chi connectivity index (χ3n) is 4.39. The summed E-state index contributed by atoms with van der Waals surface area (Å²) in [5.41, 5.74) is 3.37. The molecule has 0 unspecified atom stereocenters. The van der Waals surface area contributed by atoms with Gasteiger partial charge in [-0.25, -0.2) is 9.37 Å². The van der Waals surface area contributed by atoms with Crippen molar-refractivity contribution in [1.82, 2.24) is 9.97 Å². The molecule has 1 heterocycles. The van der Waals surface area contributed by atoms with E-state index in [0.29, 0.717) is 22.9 Å². The molecule has 2 N–H and O–H groups in total. The summed E-state index contributed by atoms with van der Waals surface area (Å²) in [5, 5.41) is 11.9. The first-order valence-electron chi connectivity index (χ1n) is 9.22. The van der Waals surface area contributed by atoms with Crippen molar-refractivity contribution in [2.75, 3.05) is 18.5 Å². The van der Waals surface area contributed by atoms with Gasteiger partial charge in [0, 0.05) is 29.6 Å². The summed E-state index contributed by atoms with van der Waals surface area (Å²) in [4.78, 5) is 8.47. The summed E-state index contributed by atoms with van der Waals surface area (Å²) in [6, 6.07) is 12.3. The van der Waals surface area contributed by atoms with E-state index in [-0.39, 0.29) is 30.7 Å². The molecule has 1 aliphatic rings. The summed E-state index contributed by atoms with van der Waals surface area (Å²) >= 11 is 0. The van der Waals surface area contributed by atoms with Crippen LogP contribution in [0.25, 0.3) is 6.08 Å². The van der Waals surface area contributed by atoms with Gasteiger partial charge in [-0.1, -0.05) is 23.8 Å². The Balaban J connectivity index is 1.51. The third kappa shape index (κ3) is 4.35. The number of aliphatic hydroxyl groups excluding tert-OH is 1. The van der Waals surface area contributed by atoms with Crippen molar-refractivity contribution in [2.24, 2.45) is 0 Å². The maximum absolute atomic E-state index is 14.8. The summed E-state index contributed by atoms with van der Waals surface area (Å²) in [7, 11) is 0. The predicted molar refractivity (Wildman–Crippen MR) is 108 cm³/mol. The fourth-order valence-corrected chi connectivity index (χ4v) is 3.13. The van der Waals surface area contributed by atoms with Crippen LogP contribution in [0.15, 0.2) is 54.2 Å². The summed E-state index contributed by atoms with van der Waals surface area (Å²) in [6.07, 6.45) is 4.14. The molecule has 148 valence electrons. The summed E-state index contributed by atoms with van der Waals surface area (Å²) < 4.78 is 25.8. The number of allylic oxidation sites excluding steroid dienone is 1. The standard InChI is InChI=1S/C22H20FN3O3/c1-14-11-15-5-6-19(21(23)18(15)12-14)29-20-7-8-24-22(26-20)25-16-3-2-4-17(13-16)28-10-9-27/h2-8,12-13,27H,9-11H2,1H3,(H,24,25,26). The first-order chi connectivity index (χ1) is 14.1. The van der Waals surface area contributed by atoms with Crippen molar-refractivity contribution in [3.63, 3.8) is 0 Å². The van der Waals surface area contributed by atoms with Gasteiger partial charge in [-0.3, -0.25) is 0 Å². The topological polar surface area (TPSA) is 76.5 Å². The monoisotopic (exact) mass is 393 g/mol. The Bertz CT molecular complexity index is 1070. The Morgan fingerprint density at radius 1 is 1.21 bits per heavy atom. The molecule has 0 radical (unpaired) electrons. The fourth-order valence-electron chi connectivity index (χ4n) is 3.13. The number of aliphatic hydroxyl groups is 1. The normalized spacial score (nSPS) is 12.3. The van der Waals surface area contributed by atoms with Gasteiger partial charge in [0.1, 0.15) is 12.4 Å². The largest absolute Gasteiger partial charge is 0.491 e. The van der Waals surface area contributed by atoms with Crippen molar-refractivity contribution in [2.45, 2.75) is 13.3 Å². The van der Waals surface area contributed by atoms with Crippen LogP contribution in [-0.2, 0) is 6.42 Å². The van der Waals surface area contributed by atoms with Crippen LogP contribution < -0.4 is 14.8 Å². The number of hydrogen-bond donors (Lipinski definition) is 2. The highest BCUT2D eigenvalue weighted by Gasteiger charge is 2.18. The molecule has 0 saturated heterocycles. The molecule has 0 atom stereocenters. The molecule has 0 spiro atoms. The van der Waals surface area contributed by atoms with Crippen LogP contribution in [0.1, 0.15) is 18.1 Å². The van der Waals surface area contributed by atoms with Crippen LogP contribution in [0.5, 0.6) is 17.4 Å². The van der Waals surface area contributed by atoms with E-state index in [1.54, 1.807) is 24.3 Å². The lowest BCUT2D eigenvalue weighted by molar-refractivity contribution is 0.201. The highest BCUT2D eigenvalue weighted by atomic mass is 19.1. The van der Waals surface area contributed by atoms with E-state index in [1.165, 1.54) is 6.20 Å². The molecule has 0 amide bonds. The number of nitrogens with one attached hydrogen (secondary N) is 1. The second kappa shape index (κ2) is 8.28. The van der Waals surface area contributed by atoms with Gasteiger partial charge in [0.15, 0.2) is 11.6 Å². The highest BCUT2D eigenvalue weighted by molar-refractivity contribution is 5.65. The van der Waals surface area contributed by atoms with Gasteiger partial charge in [-0.2, -0.15) is 4.98 Å². The average Bonchev–Trinajstić information content (AvgIpc) is 3.10. The molecule has 29 heavy (non-hydrogen) atoms. The van der Waals surface area contributed by atoms with Gasteiger partial charge in [0.2, 0.25) is 11.8 Å². The van der Waals surface area contributed by atoms with Crippen molar-refractivity contribution < 1.29 is 19.0 Å². The number of rotatable bonds is 7. The second-order valence-corrected chi connectivity index (χ2v) is 6.66. The van der Waals surface area contributed by atoms with E-state index in [4.69, 9.17) is 14.6 Å². The van der Waals surface area contributed by atoms with E-state index >= 15 is 0 Å². The summed E-state index contributed by atoms with van der Waals surface area (Å²) in [6.45, 7) is 2.13. The van der Waals surface area contributed by atoms with Crippen molar-refractivity contribution >= 4 is 17.7 Å². The number of ether oxygens (including phenoxy) is 2. The molecule has 0 saturated carbocycles. The number of hydrogen-bond acceptors (Lipinski definition) is 6. The number of halogens is 1. The SMILES string of the molecule is CC1=Cc2c(ccc(Oc3ccnc(Nc4cccc(OCCO)c4)n3)c2F)C1. The van der Waals surface area contributed by atoms with Crippen LogP contribution >= 0.6 is 0 Å². The van der Waals surface area contributed by atoms with Gasteiger partial charge in [-0.05, 0) is 37.1 Å². The zero-order valence-corrected chi connectivity index (χ0v) is 15.9. The van der Waals surface area contributed by atoms with Crippen LogP contribution in [0.2, 0.25) is 0 Å². The lowest BCUT2D eigenvalue weighted by atomic mass is 10.1. The number of nitrogens with zero attached hydrogens (tertiary/aromatic N) is 2. The van der Waals surface area contributed by atoms with Gasteiger partial charge in [0.05, 0.1) is 6.61 Å². The Hall–Kier alpha value is -3.45. The molecule has 0 aliphatic heterocycles.